The summed E-state index contributed by atoms with van der Waals surface area (Å²) in [5, 5.41) is 3.74. The fourth-order valence-electron chi connectivity index (χ4n) is 1.55. The second-order valence-corrected chi connectivity index (χ2v) is 3.79. The van der Waals surface area contributed by atoms with Gasteiger partial charge in [-0.25, -0.2) is 4.98 Å². The van der Waals surface area contributed by atoms with Crippen molar-refractivity contribution in [2.75, 3.05) is 0 Å². The average molecular weight is 221 g/mol. The van der Waals surface area contributed by atoms with E-state index in [9.17, 15) is 0 Å². The fourth-order valence-corrected chi connectivity index (χ4v) is 1.55. The molecule has 0 aliphatic heterocycles. The number of aromatic nitrogens is 4. The summed E-state index contributed by atoms with van der Waals surface area (Å²) in [5.41, 5.74) is 6.83. The molecule has 1 atom stereocenters. The van der Waals surface area contributed by atoms with Gasteiger partial charge in [-0.05, 0) is 13.8 Å². The van der Waals surface area contributed by atoms with Crippen molar-refractivity contribution in [1.82, 2.24) is 19.7 Å². The van der Waals surface area contributed by atoms with Crippen molar-refractivity contribution in [3.63, 3.8) is 0 Å². The maximum atomic E-state index is 5.82. The van der Waals surface area contributed by atoms with Crippen LogP contribution in [0.3, 0.4) is 0 Å². The van der Waals surface area contributed by atoms with Gasteiger partial charge in [0.25, 0.3) is 0 Å². The first-order chi connectivity index (χ1) is 7.66. The van der Waals surface area contributed by atoms with Crippen LogP contribution in [0.15, 0.2) is 17.0 Å². The summed E-state index contributed by atoms with van der Waals surface area (Å²) in [6.45, 7) is 4.49. The Hall–Kier alpha value is -1.69. The van der Waals surface area contributed by atoms with Crippen molar-refractivity contribution in [3.8, 4) is 0 Å². The lowest BCUT2D eigenvalue weighted by molar-refractivity contribution is 0.367. The Morgan fingerprint density at radius 1 is 1.56 bits per heavy atom. The van der Waals surface area contributed by atoms with Gasteiger partial charge in [-0.2, -0.15) is 4.98 Å². The average Bonchev–Trinajstić information content (AvgIpc) is 2.83. The highest BCUT2D eigenvalue weighted by Gasteiger charge is 2.08. The second kappa shape index (κ2) is 4.44. The first-order valence-electron chi connectivity index (χ1n) is 5.21. The number of imidazole rings is 1. The Balaban J connectivity index is 2.02. The van der Waals surface area contributed by atoms with E-state index in [-0.39, 0.29) is 6.04 Å². The molecule has 0 bridgehead atoms. The van der Waals surface area contributed by atoms with Gasteiger partial charge >= 0.3 is 0 Å². The van der Waals surface area contributed by atoms with Crippen LogP contribution >= 0.6 is 0 Å². The standard InChI is InChI=1S/C10H15N5O/c1-7(11)9-5-12-6-15(9)4-3-10-13-8(2)14-16-10/h5-7H,3-4,11H2,1-2H3/t7-/m1/s1. The molecule has 2 heterocycles. The fraction of sp³-hybridized carbons (Fsp3) is 0.500. The van der Waals surface area contributed by atoms with Gasteiger partial charge in [0.05, 0.1) is 12.0 Å². The molecule has 0 aliphatic rings. The van der Waals surface area contributed by atoms with Crippen LogP contribution in [0.2, 0.25) is 0 Å². The van der Waals surface area contributed by atoms with Crippen molar-refractivity contribution in [1.29, 1.82) is 0 Å². The maximum Gasteiger partial charge on any atom is 0.228 e. The normalized spacial score (nSPS) is 12.9. The molecule has 2 rings (SSSR count). The molecule has 0 amide bonds. The summed E-state index contributed by atoms with van der Waals surface area (Å²) in [6, 6.07) is -0.0214. The van der Waals surface area contributed by atoms with Crippen LogP contribution in [0.5, 0.6) is 0 Å². The molecule has 0 unspecified atom stereocenters. The Labute approximate surface area is 93.5 Å². The molecule has 6 nitrogen and oxygen atoms in total. The minimum Gasteiger partial charge on any atom is -0.339 e. The summed E-state index contributed by atoms with van der Waals surface area (Å²) >= 11 is 0. The van der Waals surface area contributed by atoms with Crippen molar-refractivity contribution < 1.29 is 4.52 Å². The number of rotatable bonds is 4. The predicted octanol–water partition coefficient (Wildman–Crippen LogP) is 0.837. The molecule has 2 aromatic heterocycles. The molecule has 0 saturated carbocycles. The first-order valence-corrected chi connectivity index (χ1v) is 5.21. The van der Waals surface area contributed by atoms with Crippen LogP contribution in [-0.2, 0) is 13.0 Å². The smallest absolute Gasteiger partial charge is 0.228 e. The number of nitrogens with two attached hydrogens (primary N) is 1. The maximum absolute atomic E-state index is 5.82. The van der Waals surface area contributed by atoms with Crippen LogP contribution in [-0.4, -0.2) is 19.7 Å². The lowest BCUT2D eigenvalue weighted by Crippen LogP contribution is -2.12. The van der Waals surface area contributed by atoms with Crippen LogP contribution in [0.1, 0.15) is 30.4 Å². The summed E-state index contributed by atoms with van der Waals surface area (Å²) in [5.74, 6) is 1.30. The molecule has 86 valence electrons. The quantitative estimate of drug-likeness (QED) is 0.827. The van der Waals surface area contributed by atoms with Gasteiger partial charge in [-0.1, -0.05) is 5.16 Å². The molecule has 2 N–H and O–H groups in total. The van der Waals surface area contributed by atoms with Crippen molar-refractivity contribution in [3.05, 3.63) is 29.9 Å². The minimum absolute atomic E-state index is 0.0214. The van der Waals surface area contributed by atoms with Gasteiger partial charge in [0.2, 0.25) is 5.89 Å². The van der Waals surface area contributed by atoms with E-state index in [1.807, 2.05) is 11.5 Å². The molecule has 0 saturated heterocycles. The zero-order valence-electron chi connectivity index (χ0n) is 9.42. The monoisotopic (exact) mass is 221 g/mol. The van der Waals surface area contributed by atoms with E-state index in [4.69, 9.17) is 10.3 Å². The van der Waals surface area contributed by atoms with Crippen molar-refractivity contribution in [2.24, 2.45) is 5.73 Å². The van der Waals surface area contributed by atoms with Crippen molar-refractivity contribution >= 4 is 0 Å². The first kappa shape index (κ1) is 10.8. The molecule has 0 aliphatic carbocycles. The molecular weight excluding hydrogens is 206 g/mol. The predicted molar refractivity (Wildman–Crippen MR) is 57.6 cm³/mol. The van der Waals surface area contributed by atoms with Gasteiger partial charge in [-0.3, -0.25) is 0 Å². The van der Waals surface area contributed by atoms with Crippen molar-refractivity contribution in [2.45, 2.75) is 32.9 Å². The van der Waals surface area contributed by atoms with E-state index < -0.39 is 0 Å². The number of nitrogens with zero attached hydrogens (tertiary/aromatic N) is 4. The number of aryl methyl sites for hydroxylation is 3. The van der Waals surface area contributed by atoms with E-state index in [2.05, 4.69) is 15.1 Å². The molecule has 0 radical (unpaired) electrons. The summed E-state index contributed by atoms with van der Waals surface area (Å²) in [7, 11) is 0. The van der Waals surface area contributed by atoms with Gasteiger partial charge < -0.3 is 14.8 Å². The molecular formula is C10H15N5O. The second-order valence-electron chi connectivity index (χ2n) is 3.79. The van der Waals surface area contributed by atoms with E-state index in [0.717, 1.165) is 12.2 Å². The molecule has 0 fully saturated rings. The van der Waals surface area contributed by atoms with Crippen LogP contribution < -0.4 is 5.73 Å². The van der Waals surface area contributed by atoms with E-state index >= 15 is 0 Å². The summed E-state index contributed by atoms with van der Waals surface area (Å²) in [6.07, 6.45) is 4.24. The SMILES string of the molecule is Cc1noc(CCn2cncc2[C@@H](C)N)n1. The highest BCUT2D eigenvalue weighted by Crippen LogP contribution is 2.09. The highest BCUT2D eigenvalue weighted by molar-refractivity contribution is 5.03. The minimum atomic E-state index is -0.0214. The lowest BCUT2D eigenvalue weighted by Gasteiger charge is -2.08. The molecule has 16 heavy (non-hydrogen) atoms. The van der Waals surface area contributed by atoms with Gasteiger partial charge in [0.1, 0.15) is 0 Å². The van der Waals surface area contributed by atoms with Crippen LogP contribution in [0, 0.1) is 6.92 Å². The third kappa shape index (κ3) is 2.27. The largest absolute Gasteiger partial charge is 0.339 e. The van der Waals surface area contributed by atoms with Crippen LogP contribution in [0.25, 0.3) is 0 Å². The number of hydrogen-bond acceptors (Lipinski definition) is 5. The molecule has 0 spiro atoms. The van der Waals surface area contributed by atoms with E-state index in [0.29, 0.717) is 18.1 Å². The summed E-state index contributed by atoms with van der Waals surface area (Å²) < 4.78 is 7.04. The molecule has 2 aromatic rings. The molecule has 0 aromatic carbocycles. The Morgan fingerprint density at radius 3 is 3.00 bits per heavy atom. The zero-order valence-corrected chi connectivity index (χ0v) is 9.42. The summed E-state index contributed by atoms with van der Waals surface area (Å²) in [4.78, 5) is 8.22. The lowest BCUT2D eigenvalue weighted by atomic mass is 10.2. The third-order valence-corrected chi connectivity index (χ3v) is 2.35. The third-order valence-electron chi connectivity index (χ3n) is 2.35. The highest BCUT2D eigenvalue weighted by atomic mass is 16.5. The van der Waals surface area contributed by atoms with E-state index in [1.54, 1.807) is 19.4 Å². The van der Waals surface area contributed by atoms with E-state index in [1.165, 1.54) is 0 Å². The molecule has 6 heteroatoms. The Bertz CT molecular complexity index is 459. The Morgan fingerprint density at radius 2 is 2.38 bits per heavy atom. The Kier molecular flexibility index (Phi) is 3.00. The van der Waals surface area contributed by atoms with Crippen LogP contribution in [0.4, 0.5) is 0 Å². The van der Waals surface area contributed by atoms with Gasteiger partial charge in [0, 0.05) is 25.2 Å². The zero-order chi connectivity index (χ0) is 11.5. The number of hydrogen-bond donors (Lipinski definition) is 1. The van der Waals surface area contributed by atoms with Gasteiger partial charge in [-0.15, -0.1) is 0 Å². The topological polar surface area (TPSA) is 82.8 Å². The van der Waals surface area contributed by atoms with Gasteiger partial charge in [0.15, 0.2) is 5.82 Å².